The van der Waals surface area contributed by atoms with Crippen LogP contribution >= 0.6 is 11.6 Å². The number of halogens is 1. The van der Waals surface area contributed by atoms with E-state index in [0.717, 1.165) is 16.8 Å². The third-order valence-corrected chi connectivity index (χ3v) is 4.48. The number of methoxy groups -OCH3 is 1. The van der Waals surface area contributed by atoms with Gasteiger partial charge in [-0.2, -0.15) is 5.10 Å². The molecule has 7 heteroatoms. The third-order valence-electron chi connectivity index (χ3n) is 4.23. The summed E-state index contributed by atoms with van der Waals surface area (Å²) in [6, 6.07) is 16.1. The van der Waals surface area contributed by atoms with Gasteiger partial charge in [-0.3, -0.25) is 9.59 Å². The molecule has 0 aliphatic carbocycles. The van der Waals surface area contributed by atoms with Gasteiger partial charge < -0.3 is 10.1 Å². The third kappa shape index (κ3) is 5.20. The molecular formula is C21H20ClN3O3. The van der Waals surface area contributed by atoms with E-state index in [4.69, 9.17) is 16.3 Å². The van der Waals surface area contributed by atoms with Gasteiger partial charge in [0.1, 0.15) is 0 Å². The van der Waals surface area contributed by atoms with E-state index in [-0.39, 0.29) is 18.7 Å². The number of carbonyl (C=O) groups excluding carboxylic acids is 2. The number of nitrogens with zero attached hydrogens (tertiary/aromatic N) is 2. The van der Waals surface area contributed by atoms with E-state index in [1.807, 2.05) is 36.5 Å². The van der Waals surface area contributed by atoms with Gasteiger partial charge in [-0.1, -0.05) is 41.9 Å². The fourth-order valence-corrected chi connectivity index (χ4v) is 2.93. The molecule has 1 unspecified atom stereocenters. The lowest BCUT2D eigenvalue weighted by molar-refractivity contribution is -0.141. The first kappa shape index (κ1) is 19.6. The summed E-state index contributed by atoms with van der Waals surface area (Å²) in [5, 5.41) is 7.78. The van der Waals surface area contributed by atoms with Crippen LogP contribution in [-0.2, 0) is 20.7 Å². The minimum Gasteiger partial charge on any atom is -0.469 e. The molecule has 1 aromatic heterocycles. The average Bonchev–Trinajstić information content (AvgIpc) is 3.17. The highest BCUT2D eigenvalue weighted by Gasteiger charge is 2.19. The molecule has 28 heavy (non-hydrogen) atoms. The van der Waals surface area contributed by atoms with Crippen molar-refractivity contribution in [2.75, 3.05) is 7.11 Å². The second-order valence-corrected chi connectivity index (χ2v) is 6.69. The van der Waals surface area contributed by atoms with Gasteiger partial charge in [0.15, 0.2) is 0 Å². The Morgan fingerprint density at radius 1 is 1.14 bits per heavy atom. The van der Waals surface area contributed by atoms with Crippen molar-refractivity contribution in [1.82, 2.24) is 15.1 Å². The molecule has 1 N–H and O–H groups in total. The van der Waals surface area contributed by atoms with E-state index in [2.05, 4.69) is 10.4 Å². The molecule has 144 valence electrons. The highest BCUT2D eigenvalue weighted by Crippen LogP contribution is 2.20. The van der Waals surface area contributed by atoms with E-state index >= 15 is 0 Å². The topological polar surface area (TPSA) is 73.2 Å². The molecule has 0 saturated carbocycles. The largest absolute Gasteiger partial charge is 0.469 e. The first-order chi connectivity index (χ1) is 13.5. The Labute approximate surface area is 168 Å². The van der Waals surface area contributed by atoms with Crippen molar-refractivity contribution in [2.24, 2.45) is 0 Å². The average molecular weight is 398 g/mol. The van der Waals surface area contributed by atoms with Gasteiger partial charge >= 0.3 is 5.97 Å². The molecule has 6 nitrogen and oxygen atoms in total. The fourth-order valence-electron chi connectivity index (χ4n) is 2.80. The van der Waals surface area contributed by atoms with Gasteiger partial charge in [0.2, 0.25) is 5.91 Å². The molecule has 0 bridgehead atoms. The lowest BCUT2D eigenvalue weighted by atomic mass is 10.0. The van der Waals surface area contributed by atoms with E-state index in [1.165, 1.54) is 7.11 Å². The van der Waals surface area contributed by atoms with E-state index < -0.39 is 12.0 Å². The SMILES string of the molecule is COC(=O)CC(NC(=O)Cc1cnn(-c2ccccc2)c1)c1ccc(Cl)cc1. The molecule has 1 amide bonds. The minimum atomic E-state index is -0.499. The number of aromatic nitrogens is 2. The van der Waals surface area contributed by atoms with Crippen molar-refractivity contribution in [3.8, 4) is 5.69 Å². The summed E-state index contributed by atoms with van der Waals surface area (Å²) in [6.07, 6.45) is 3.65. The lowest BCUT2D eigenvalue weighted by Gasteiger charge is -2.18. The van der Waals surface area contributed by atoms with Crippen molar-refractivity contribution in [3.63, 3.8) is 0 Å². The highest BCUT2D eigenvalue weighted by molar-refractivity contribution is 6.30. The number of carbonyl (C=O) groups is 2. The number of benzene rings is 2. The van der Waals surface area contributed by atoms with Crippen LogP contribution in [0.5, 0.6) is 0 Å². The predicted octanol–water partition coefficient (Wildman–Crippen LogP) is 3.49. The monoisotopic (exact) mass is 397 g/mol. The fraction of sp³-hybridized carbons (Fsp3) is 0.190. The number of nitrogens with one attached hydrogen (secondary N) is 1. The molecule has 1 atom stereocenters. The molecular weight excluding hydrogens is 378 g/mol. The van der Waals surface area contributed by atoms with Crippen LogP contribution in [-0.4, -0.2) is 28.8 Å². The summed E-state index contributed by atoms with van der Waals surface area (Å²) < 4.78 is 6.46. The number of hydrogen-bond donors (Lipinski definition) is 1. The van der Waals surface area contributed by atoms with E-state index in [1.54, 1.807) is 35.1 Å². The molecule has 0 saturated heterocycles. The smallest absolute Gasteiger partial charge is 0.307 e. The van der Waals surface area contributed by atoms with Crippen molar-refractivity contribution >= 4 is 23.5 Å². The molecule has 0 aliphatic rings. The molecule has 0 radical (unpaired) electrons. The zero-order valence-electron chi connectivity index (χ0n) is 15.3. The lowest BCUT2D eigenvalue weighted by Crippen LogP contribution is -2.31. The van der Waals surface area contributed by atoms with Crippen molar-refractivity contribution in [2.45, 2.75) is 18.9 Å². The second-order valence-electron chi connectivity index (χ2n) is 6.26. The molecule has 1 heterocycles. The maximum absolute atomic E-state index is 12.6. The number of esters is 1. The van der Waals surface area contributed by atoms with Crippen molar-refractivity contribution in [3.05, 3.63) is 83.1 Å². The molecule has 0 fully saturated rings. The van der Waals surface area contributed by atoms with Gasteiger partial charge in [0, 0.05) is 11.2 Å². The van der Waals surface area contributed by atoms with Crippen LogP contribution in [0.15, 0.2) is 67.0 Å². The second kappa shape index (κ2) is 9.19. The number of para-hydroxylation sites is 1. The molecule has 3 rings (SSSR count). The van der Waals surface area contributed by atoms with Gasteiger partial charge in [-0.15, -0.1) is 0 Å². The summed E-state index contributed by atoms with van der Waals surface area (Å²) in [5.41, 5.74) is 2.47. The normalized spacial score (nSPS) is 11.6. The first-order valence-corrected chi connectivity index (χ1v) is 9.13. The Hall–Kier alpha value is -3.12. The van der Waals surface area contributed by atoms with Gasteiger partial charge in [-0.25, -0.2) is 4.68 Å². The molecule has 0 aliphatic heterocycles. The van der Waals surface area contributed by atoms with Crippen molar-refractivity contribution in [1.29, 1.82) is 0 Å². The minimum absolute atomic E-state index is 0.0349. The Morgan fingerprint density at radius 2 is 1.86 bits per heavy atom. The Balaban J connectivity index is 1.69. The Bertz CT molecular complexity index is 939. The van der Waals surface area contributed by atoms with Crippen LogP contribution in [0.3, 0.4) is 0 Å². The summed E-state index contributed by atoms with van der Waals surface area (Å²) in [6.45, 7) is 0. The molecule has 3 aromatic rings. The van der Waals surface area contributed by atoms with Crippen LogP contribution in [0.25, 0.3) is 5.69 Å². The summed E-state index contributed by atoms with van der Waals surface area (Å²) in [7, 11) is 1.32. The number of rotatable bonds is 7. The zero-order chi connectivity index (χ0) is 19.9. The maximum atomic E-state index is 12.6. The van der Waals surface area contributed by atoms with Crippen LogP contribution in [0.2, 0.25) is 5.02 Å². The van der Waals surface area contributed by atoms with Gasteiger partial charge in [0.05, 0.1) is 37.9 Å². The molecule has 2 aromatic carbocycles. The van der Waals surface area contributed by atoms with E-state index in [9.17, 15) is 9.59 Å². The maximum Gasteiger partial charge on any atom is 0.307 e. The quantitative estimate of drug-likeness (QED) is 0.619. The highest BCUT2D eigenvalue weighted by atomic mass is 35.5. The summed E-state index contributed by atoms with van der Waals surface area (Å²) in [5.74, 6) is -0.617. The van der Waals surface area contributed by atoms with Crippen LogP contribution in [0.1, 0.15) is 23.6 Å². The van der Waals surface area contributed by atoms with Crippen LogP contribution in [0, 0.1) is 0 Å². The predicted molar refractivity (Wildman–Crippen MR) is 106 cm³/mol. The number of ether oxygens (including phenoxy) is 1. The molecule has 0 spiro atoms. The zero-order valence-corrected chi connectivity index (χ0v) is 16.1. The standard InChI is InChI=1S/C21H20ClN3O3/c1-28-21(27)12-19(16-7-9-17(22)10-8-16)24-20(26)11-15-13-23-25(14-15)18-5-3-2-4-6-18/h2-10,13-14,19H,11-12H2,1H3,(H,24,26). The van der Waals surface area contributed by atoms with Crippen LogP contribution < -0.4 is 5.32 Å². The Morgan fingerprint density at radius 3 is 2.54 bits per heavy atom. The Kier molecular flexibility index (Phi) is 6.45. The first-order valence-electron chi connectivity index (χ1n) is 8.76. The van der Waals surface area contributed by atoms with Gasteiger partial charge in [-0.05, 0) is 35.4 Å². The van der Waals surface area contributed by atoms with E-state index in [0.29, 0.717) is 5.02 Å². The summed E-state index contributed by atoms with van der Waals surface area (Å²) >= 11 is 5.93. The number of amides is 1. The van der Waals surface area contributed by atoms with Gasteiger partial charge in [0.25, 0.3) is 0 Å². The van der Waals surface area contributed by atoms with Crippen LogP contribution in [0.4, 0.5) is 0 Å². The number of hydrogen-bond acceptors (Lipinski definition) is 4. The van der Waals surface area contributed by atoms with Crippen molar-refractivity contribution < 1.29 is 14.3 Å². The summed E-state index contributed by atoms with van der Waals surface area (Å²) in [4.78, 5) is 24.3.